The summed E-state index contributed by atoms with van der Waals surface area (Å²) in [5.41, 5.74) is 6.28. The van der Waals surface area contributed by atoms with Gasteiger partial charge >= 0.3 is 0 Å². The molecule has 1 amide bonds. The van der Waals surface area contributed by atoms with Crippen molar-refractivity contribution < 1.29 is 4.79 Å². The maximum Gasteiger partial charge on any atom is 0.227 e. The smallest absolute Gasteiger partial charge is 0.227 e. The molecule has 2 aromatic heterocycles. The van der Waals surface area contributed by atoms with Gasteiger partial charge in [-0.3, -0.25) is 9.78 Å². The summed E-state index contributed by atoms with van der Waals surface area (Å²) in [5.74, 6) is 0.815. The minimum absolute atomic E-state index is 0.0645. The summed E-state index contributed by atoms with van der Waals surface area (Å²) in [4.78, 5) is 31.2. The topological polar surface area (TPSA) is 62.2 Å². The molecule has 1 atom stereocenters. The van der Waals surface area contributed by atoms with Crippen LogP contribution in [0.1, 0.15) is 47.7 Å². The second-order valence-corrected chi connectivity index (χ2v) is 8.82. The third kappa shape index (κ3) is 4.64. The van der Waals surface area contributed by atoms with Crippen LogP contribution in [0, 0.1) is 13.8 Å². The number of aryl methyl sites for hydroxylation is 2. The SMILES string of the molecule is Cc1cccc(CC(=O)N2CCCCC2c2nc(N(C)C)ncc2-c2ccncc2C)c1. The Kier molecular flexibility index (Phi) is 6.49. The van der Waals surface area contributed by atoms with Gasteiger partial charge in [-0.1, -0.05) is 29.8 Å². The summed E-state index contributed by atoms with van der Waals surface area (Å²) in [6, 6.07) is 10.1. The van der Waals surface area contributed by atoms with E-state index in [4.69, 9.17) is 4.98 Å². The van der Waals surface area contributed by atoms with Gasteiger partial charge in [0.2, 0.25) is 11.9 Å². The molecule has 0 saturated carbocycles. The van der Waals surface area contributed by atoms with E-state index in [1.807, 2.05) is 61.4 Å². The number of carbonyl (C=O) groups is 1. The van der Waals surface area contributed by atoms with Gasteiger partial charge in [-0.25, -0.2) is 9.97 Å². The Morgan fingerprint density at radius 1 is 1.12 bits per heavy atom. The highest BCUT2D eigenvalue weighted by Gasteiger charge is 2.31. The summed E-state index contributed by atoms with van der Waals surface area (Å²) in [6.07, 6.45) is 8.97. The number of hydrogen-bond acceptors (Lipinski definition) is 5. The van der Waals surface area contributed by atoms with Crippen LogP contribution in [0.2, 0.25) is 0 Å². The van der Waals surface area contributed by atoms with Crippen LogP contribution in [0.5, 0.6) is 0 Å². The molecule has 1 aliphatic heterocycles. The number of rotatable bonds is 5. The van der Waals surface area contributed by atoms with Crippen molar-refractivity contribution in [3.05, 3.63) is 71.3 Å². The molecule has 1 fully saturated rings. The Hall–Kier alpha value is -3.28. The molecule has 32 heavy (non-hydrogen) atoms. The van der Waals surface area contributed by atoms with Crippen molar-refractivity contribution in [1.82, 2.24) is 19.9 Å². The van der Waals surface area contributed by atoms with E-state index < -0.39 is 0 Å². The summed E-state index contributed by atoms with van der Waals surface area (Å²) >= 11 is 0. The molecular weight excluding hydrogens is 398 g/mol. The molecule has 3 heterocycles. The molecule has 1 unspecified atom stereocenters. The van der Waals surface area contributed by atoms with Crippen molar-refractivity contribution in [2.45, 2.75) is 45.6 Å². The first-order chi connectivity index (χ1) is 15.4. The maximum atomic E-state index is 13.5. The van der Waals surface area contributed by atoms with Gasteiger partial charge in [0.15, 0.2) is 0 Å². The fraction of sp³-hybridized carbons (Fsp3) is 0.385. The normalized spacial score (nSPS) is 16.1. The number of likely N-dealkylation sites (tertiary alicyclic amines) is 1. The quantitative estimate of drug-likeness (QED) is 0.597. The van der Waals surface area contributed by atoms with Gasteiger partial charge in [0, 0.05) is 44.8 Å². The van der Waals surface area contributed by atoms with Crippen LogP contribution < -0.4 is 4.90 Å². The zero-order chi connectivity index (χ0) is 22.7. The number of piperidine rings is 1. The lowest BCUT2D eigenvalue weighted by Gasteiger charge is -2.36. The largest absolute Gasteiger partial charge is 0.347 e. The Morgan fingerprint density at radius 3 is 2.72 bits per heavy atom. The minimum Gasteiger partial charge on any atom is -0.347 e. The second kappa shape index (κ2) is 9.47. The van der Waals surface area contributed by atoms with Crippen LogP contribution in [-0.2, 0) is 11.2 Å². The average Bonchev–Trinajstić information content (AvgIpc) is 2.79. The molecule has 3 aromatic rings. The van der Waals surface area contributed by atoms with Crippen molar-refractivity contribution in [1.29, 1.82) is 0 Å². The lowest BCUT2D eigenvalue weighted by molar-refractivity contribution is -0.134. The third-order valence-electron chi connectivity index (χ3n) is 6.09. The first-order valence-electron chi connectivity index (χ1n) is 11.2. The number of benzene rings is 1. The first kappa shape index (κ1) is 21.9. The first-order valence-corrected chi connectivity index (χ1v) is 11.2. The molecule has 0 spiro atoms. The van der Waals surface area contributed by atoms with Crippen LogP contribution in [0.3, 0.4) is 0 Å². The fourth-order valence-corrected chi connectivity index (χ4v) is 4.45. The number of carbonyl (C=O) groups excluding carboxylic acids is 1. The zero-order valence-electron chi connectivity index (χ0n) is 19.4. The van der Waals surface area contributed by atoms with E-state index in [9.17, 15) is 4.79 Å². The van der Waals surface area contributed by atoms with Gasteiger partial charge < -0.3 is 9.80 Å². The Bertz CT molecular complexity index is 1110. The molecule has 1 aliphatic rings. The molecule has 0 N–H and O–H groups in total. The molecule has 4 rings (SSSR count). The average molecular weight is 430 g/mol. The molecule has 0 aliphatic carbocycles. The predicted octanol–water partition coefficient (Wildman–Crippen LogP) is 4.52. The molecule has 1 saturated heterocycles. The molecule has 1 aromatic carbocycles. The van der Waals surface area contributed by atoms with Crippen LogP contribution in [0.15, 0.2) is 48.9 Å². The van der Waals surface area contributed by atoms with E-state index in [0.29, 0.717) is 12.4 Å². The lowest BCUT2D eigenvalue weighted by Crippen LogP contribution is -2.40. The van der Waals surface area contributed by atoms with Crippen LogP contribution in [-0.4, -0.2) is 46.4 Å². The highest BCUT2D eigenvalue weighted by Crippen LogP contribution is 2.37. The molecular formula is C26H31N5O. The number of pyridine rings is 1. The fourth-order valence-electron chi connectivity index (χ4n) is 4.45. The van der Waals surface area contributed by atoms with Gasteiger partial charge in [-0.05, 0) is 55.9 Å². The van der Waals surface area contributed by atoms with Gasteiger partial charge in [0.1, 0.15) is 0 Å². The summed E-state index contributed by atoms with van der Waals surface area (Å²) in [7, 11) is 3.88. The monoisotopic (exact) mass is 429 g/mol. The standard InChI is InChI=1S/C26H31N5O/c1-18-8-7-9-20(14-18)15-24(32)31-13-6-5-10-23(31)25-22(17-28-26(29-25)30(3)4)21-11-12-27-16-19(21)2/h7-9,11-12,14,16-17,23H,5-6,10,13,15H2,1-4H3. The van der Waals surface area contributed by atoms with Crippen LogP contribution >= 0.6 is 0 Å². The lowest BCUT2D eigenvalue weighted by atomic mass is 9.92. The van der Waals surface area contributed by atoms with E-state index >= 15 is 0 Å². The number of anilines is 1. The van der Waals surface area contributed by atoms with Crippen LogP contribution in [0.25, 0.3) is 11.1 Å². The molecule has 6 nitrogen and oxygen atoms in total. The molecule has 0 bridgehead atoms. The third-order valence-corrected chi connectivity index (χ3v) is 6.09. The van der Waals surface area contributed by atoms with E-state index in [2.05, 4.69) is 29.0 Å². The highest BCUT2D eigenvalue weighted by atomic mass is 16.2. The number of hydrogen-bond donors (Lipinski definition) is 0. The molecule has 166 valence electrons. The number of amides is 1. The summed E-state index contributed by atoms with van der Waals surface area (Å²) in [6.45, 7) is 4.86. The zero-order valence-corrected chi connectivity index (χ0v) is 19.4. The second-order valence-electron chi connectivity index (χ2n) is 8.82. The van der Waals surface area contributed by atoms with E-state index in [0.717, 1.165) is 53.8 Å². The summed E-state index contributed by atoms with van der Waals surface area (Å²) in [5, 5.41) is 0. The Morgan fingerprint density at radius 2 is 1.97 bits per heavy atom. The van der Waals surface area contributed by atoms with Gasteiger partial charge in [0.05, 0.1) is 18.2 Å². The minimum atomic E-state index is -0.0645. The highest BCUT2D eigenvalue weighted by molar-refractivity contribution is 5.80. The van der Waals surface area contributed by atoms with Crippen molar-refractivity contribution in [3.8, 4) is 11.1 Å². The Balaban J connectivity index is 1.74. The van der Waals surface area contributed by atoms with Crippen molar-refractivity contribution in [2.75, 3.05) is 25.5 Å². The van der Waals surface area contributed by atoms with E-state index in [1.165, 1.54) is 5.56 Å². The number of nitrogens with zero attached hydrogens (tertiary/aromatic N) is 5. The summed E-state index contributed by atoms with van der Waals surface area (Å²) < 4.78 is 0. The van der Waals surface area contributed by atoms with E-state index in [-0.39, 0.29) is 11.9 Å². The van der Waals surface area contributed by atoms with Crippen LogP contribution in [0.4, 0.5) is 5.95 Å². The maximum absolute atomic E-state index is 13.5. The molecule has 0 radical (unpaired) electrons. The van der Waals surface area contributed by atoms with Crippen molar-refractivity contribution >= 4 is 11.9 Å². The van der Waals surface area contributed by atoms with Gasteiger partial charge in [0.25, 0.3) is 0 Å². The number of aromatic nitrogens is 3. The van der Waals surface area contributed by atoms with Crippen molar-refractivity contribution in [2.24, 2.45) is 0 Å². The van der Waals surface area contributed by atoms with Gasteiger partial charge in [-0.15, -0.1) is 0 Å². The van der Waals surface area contributed by atoms with Crippen molar-refractivity contribution in [3.63, 3.8) is 0 Å². The predicted molar refractivity (Wildman–Crippen MR) is 128 cm³/mol. The molecule has 6 heteroatoms. The van der Waals surface area contributed by atoms with E-state index in [1.54, 1.807) is 6.20 Å². The van der Waals surface area contributed by atoms with Gasteiger partial charge in [-0.2, -0.15) is 0 Å². The Labute approximate surface area is 190 Å².